The minimum Gasteiger partial charge on any atom is -0.508 e. The molecule has 1 fully saturated rings. The number of hydrogen-bond acceptors (Lipinski definition) is 2. The third-order valence-electron chi connectivity index (χ3n) is 4.36. The summed E-state index contributed by atoms with van der Waals surface area (Å²) >= 11 is 0. The number of fused-ring (bicyclic) bond motifs is 1. The van der Waals surface area contributed by atoms with Gasteiger partial charge in [0.25, 0.3) is 0 Å². The summed E-state index contributed by atoms with van der Waals surface area (Å²) in [7, 11) is 0. The number of phenols is 1. The lowest BCUT2D eigenvalue weighted by Gasteiger charge is -2.27. The summed E-state index contributed by atoms with van der Waals surface area (Å²) in [6.45, 7) is 4.65. The highest BCUT2D eigenvalue weighted by Crippen LogP contribution is 2.46. The monoisotopic (exact) mass is 231 g/mol. The molecule has 2 aliphatic rings. The van der Waals surface area contributed by atoms with E-state index in [0.717, 1.165) is 6.42 Å². The zero-order valence-electron chi connectivity index (χ0n) is 10.7. The molecule has 0 radical (unpaired) electrons. The van der Waals surface area contributed by atoms with E-state index < -0.39 is 0 Å². The van der Waals surface area contributed by atoms with Gasteiger partial charge in [-0.2, -0.15) is 0 Å². The number of nitrogens with one attached hydrogen (secondary N) is 1. The van der Waals surface area contributed by atoms with Crippen LogP contribution in [0, 0.1) is 5.41 Å². The van der Waals surface area contributed by atoms with E-state index >= 15 is 0 Å². The molecule has 0 amide bonds. The zero-order valence-corrected chi connectivity index (χ0v) is 10.7. The zero-order chi connectivity index (χ0) is 12.0. The van der Waals surface area contributed by atoms with Gasteiger partial charge in [-0.15, -0.1) is 0 Å². The molecule has 1 aromatic rings. The van der Waals surface area contributed by atoms with E-state index in [0.29, 0.717) is 23.2 Å². The Morgan fingerprint density at radius 1 is 1.35 bits per heavy atom. The quantitative estimate of drug-likeness (QED) is 0.819. The summed E-state index contributed by atoms with van der Waals surface area (Å²) in [5.41, 5.74) is 3.21. The predicted octanol–water partition coefficient (Wildman–Crippen LogP) is 3.16. The molecule has 2 N–H and O–H groups in total. The van der Waals surface area contributed by atoms with Crippen molar-refractivity contribution in [3.63, 3.8) is 0 Å². The molecule has 0 aliphatic heterocycles. The normalized spacial score (nSPS) is 29.8. The molecule has 1 saturated carbocycles. The van der Waals surface area contributed by atoms with Crippen LogP contribution in [0.15, 0.2) is 18.2 Å². The lowest BCUT2D eigenvalue weighted by Crippen LogP contribution is -2.29. The fourth-order valence-corrected chi connectivity index (χ4v) is 2.97. The third-order valence-corrected chi connectivity index (χ3v) is 4.36. The van der Waals surface area contributed by atoms with Gasteiger partial charge in [-0.05, 0) is 54.4 Å². The Kier molecular flexibility index (Phi) is 2.44. The Labute approximate surface area is 103 Å². The first-order valence-corrected chi connectivity index (χ1v) is 6.64. The number of phenolic OH excluding ortho intramolecular Hbond substituents is 1. The van der Waals surface area contributed by atoms with Crippen molar-refractivity contribution in [2.75, 3.05) is 0 Å². The summed E-state index contributed by atoms with van der Waals surface area (Å²) in [6.07, 6.45) is 4.85. The number of benzene rings is 1. The Morgan fingerprint density at radius 2 is 2.12 bits per heavy atom. The van der Waals surface area contributed by atoms with Crippen molar-refractivity contribution in [1.82, 2.24) is 5.32 Å². The van der Waals surface area contributed by atoms with Crippen molar-refractivity contribution >= 4 is 0 Å². The van der Waals surface area contributed by atoms with Crippen LogP contribution in [0.2, 0.25) is 0 Å². The maximum Gasteiger partial charge on any atom is 0.115 e. The largest absolute Gasteiger partial charge is 0.508 e. The highest BCUT2D eigenvalue weighted by molar-refractivity contribution is 5.38. The average Bonchev–Trinajstić information content (AvgIpc) is 2.86. The molecule has 2 unspecified atom stereocenters. The van der Waals surface area contributed by atoms with E-state index in [2.05, 4.69) is 25.2 Å². The van der Waals surface area contributed by atoms with Crippen LogP contribution in [0.5, 0.6) is 5.75 Å². The number of aromatic hydroxyl groups is 1. The fraction of sp³-hybridized carbons (Fsp3) is 0.600. The molecule has 2 nitrogen and oxygen atoms in total. The number of hydrogen-bond donors (Lipinski definition) is 2. The molecule has 0 bridgehead atoms. The lowest BCUT2D eigenvalue weighted by atomic mass is 9.87. The van der Waals surface area contributed by atoms with E-state index in [-0.39, 0.29) is 0 Å². The van der Waals surface area contributed by atoms with Gasteiger partial charge in [0, 0.05) is 12.1 Å². The Morgan fingerprint density at radius 3 is 2.82 bits per heavy atom. The van der Waals surface area contributed by atoms with E-state index in [4.69, 9.17) is 0 Å². The van der Waals surface area contributed by atoms with Crippen LogP contribution in [0.1, 0.15) is 50.3 Å². The standard InChI is InChI=1S/C15H21NO/c1-15(2)9-14(15)16-13-5-3-4-10-8-11(17)6-7-12(10)13/h6-8,13-14,16-17H,3-5,9H2,1-2H3. The molecule has 0 heterocycles. The van der Waals surface area contributed by atoms with Crippen LogP contribution >= 0.6 is 0 Å². The van der Waals surface area contributed by atoms with Crippen molar-refractivity contribution in [3.8, 4) is 5.75 Å². The van der Waals surface area contributed by atoms with Crippen molar-refractivity contribution in [1.29, 1.82) is 0 Å². The van der Waals surface area contributed by atoms with Crippen LogP contribution in [0.25, 0.3) is 0 Å². The molecule has 0 aromatic heterocycles. The molecular formula is C15H21NO. The van der Waals surface area contributed by atoms with Gasteiger partial charge < -0.3 is 10.4 Å². The molecular weight excluding hydrogens is 210 g/mol. The van der Waals surface area contributed by atoms with E-state index in [1.54, 1.807) is 0 Å². The van der Waals surface area contributed by atoms with E-state index in [1.165, 1.54) is 30.4 Å². The van der Waals surface area contributed by atoms with Gasteiger partial charge in [-0.1, -0.05) is 19.9 Å². The van der Waals surface area contributed by atoms with Gasteiger partial charge >= 0.3 is 0 Å². The summed E-state index contributed by atoms with van der Waals surface area (Å²) in [5, 5.41) is 13.3. The molecule has 2 atom stereocenters. The summed E-state index contributed by atoms with van der Waals surface area (Å²) in [4.78, 5) is 0. The summed E-state index contributed by atoms with van der Waals surface area (Å²) in [6, 6.07) is 7.01. The topological polar surface area (TPSA) is 32.3 Å². The SMILES string of the molecule is CC1(C)CC1NC1CCCc2cc(O)ccc21. The smallest absolute Gasteiger partial charge is 0.115 e. The molecule has 17 heavy (non-hydrogen) atoms. The fourth-order valence-electron chi connectivity index (χ4n) is 2.97. The second kappa shape index (κ2) is 3.74. The van der Waals surface area contributed by atoms with Crippen LogP contribution in [0.3, 0.4) is 0 Å². The first-order valence-electron chi connectivity index (χ1n) is 6.64. The van der Waals surface area contributed by atoms with Crippen LogP contribution in [-0.2, 0) is 6.42 Å². The van der Waals surface area contributed by atoms with Crippen LogP contribution in [-0.4, -0.2) is 11.1 Å². The predicted molar refractivity (Wildman–Crippen MR) is 69.1 cm³/mol. The van der Waals surface area contributed by atoms with Gasteiger partial charge in [0.15, 0.2) is 0 Å². The van der Waals surface area contributed by atoms with Crippen LogP contribution in [0.4, 0.5) is 0 Å². The maximum absolute atomic E-state index is 9.53. The third kappa shape index (κ3) is 2.06. The van der Waals surface area contributed by atoms with E-state index in [9.17, 15) is 5.11 Å². The highest BCUT2D eigenvalue weighted by atomic mass is 16.3. The van der Waals surface area contributed by atoms with Gasteiger partial charge in [-0.25, -0.2) is 0 Å². The average molecular weight is 231 g/mol. The first kappa shape index (κ1) is 11.1. The number of rotatable bonds is 2. The summed E-state index contributed by atoms with van der Waals surface area (Å²) < 4.78 is 0. The molecule has 2 heteroatoms. The minimum atomic E-state index is 0.399. The van der Waals surface area contributed by atoms with Crippen molar-refractivity contribution in [3.05, 3.63) is 29.3 Å². The van der Waals surface area contributed by atoms with Gasteiger partial charge in [0.2, 0.25) is 0 Å². The van der Waals surface area contributed by atoms with Gasteiger partial charge in [-0.3, -0.25) is 0 Å². The molecule has 2 aliphatic carbocycles. The minimum absolute atomic E-state index is 0.399. The lowest BCUT2D eigenvalue weighted by molar-refractivity contribution is 0.421. The van der Waals surface area contributed by atoms with Crippen LogP contribution < -0.4 is 5.32 Å². The second-order valence-electron chi connectivity index (χ2n) is 6.24. The molecule has 3 rings (SSSR count). The Bertz CT molecular complexity index is 439. The molecule has 0 spiro atoms. The number of aryl methyl sites for hydroxylation is 1. The van der Waals surface area contributed by atoms with Gasteiger partial charge in [0.05, 0.1) is 0 Å². The molecule has 1 aromatic carbocycles. The Hall–Kier alpha value is -1.02. The molecule has 92 valence electrons. The maximum atomic E-state index is 9.53. The first-order chi connectivity index (χ1) is 8.06. The van der Waals surface area contributed by atoms with Crippen molar-refractivity contribution in [2.45, 2.75) is 51.6 Å². The van der Waals surface area contributed by atoms with Crippen molar-refractivity contribution < 1.29 is 5.11 Å². The van der Waals surface area contributed by atoms with Crippen molar-refractivity contribution in [2.24, 2.45) is 5.41 Å². The summed E-state index contributed by atoms with van der Waals surface area (Å²) in [5.74, 6) is 0.399. The Balaban J connectivity index is 1.80. The van der Waals surface area contributed by atoms with E-state index in [1.807, 2.05) is 12.1 Å². The molecule has 0 saturated heterocycles. The van der Waals surface area contributed by atoms with Gasteiger partial charge in [0.1, 0.15) is 5.75 Å². The second-order valence-corrected chi connectivity index (χ2v) is 6.24. The highest BCUT2D eigenvalue weighted by Gasteiger charge is 2.46.